The molecule has 0 radical (unpaired) electrons. The summed E-state index contributed by atoms with van der Waals surface area (Å²) < 4.78 is 33.7. The maximum atomic E-state index is 12.6. The van der Waals surface area contributed by atoms with Crippen molar-refractivity contribution in [2.45, 2.75) is 155 Å². The highest BCUT2D eigenvalue weighted by Gasteiger charge is 2.21. The first kappa shape index (κ1) is 52.4. The van der Waals surface area contributed by atoms with Crippen LogP contribution in [0.25, 0.3) is 0 Å². The number of hydrogen-bond donors (Lipinski definition) is 0. The first-order chi connectivity index (χ1) is 26.4. The number of ketones is 1. The van der Waals surface area contributed by atoms with E-state index in [1.165, 1.54) is 38.5 Å². The first-order valence-electron chi connectivity index (χ1n) is 20.9. The Bertz CT molecular complexity index is 1190. The largest absolute Gasteiger partial charge is 0.756 e. The molecule has 0 aromatic heterocycles. The van der Waals surface area contributed by atoms with Gasteiger partial charge in [0.05, 0.1) is 27.7 Å². The number of allylic oxidation sites excluding steroid dienone is 10. The normalized spacial score (nSPS) is 14.1. The van der Waals surface area contributed by atoms with Gasteiger partial charge >= 0.3 is 11.9 Å². The van der Waals surface area contributed by atoms with E-state index in [-0.39, 0.29) is 31.8 Å². The summed E-state index contributed by atoms with van der Waals surface area (Å²) in [5, 5.41) is 0. The summed E-state index contributed by atoms with van der Waals surface area (Å²) in [6, 6.07) is 0. The van der Waals surface area contributed by atoms with Crippen LogP contribution < -0.4 is 4.89 Å². The van der Waals surface area contributed by atoms with Crippen LogP contribution in [0.3, 0.4) is 0 Å². The molecular weight excluding hydrogens is 717 g/mol. The fourth-order valence-corrected chi connectivity index (χ4v) is 5.84. The maximum absolute atomic E-state index is 12.6. The first-order valence-corrected chi connectivity index (χ1v) is 22.4. The molecule has 0 rings (SSSR count). The predicted molar refractivity (Wildman–Crippen MR) is 222 cm³/mol. The number of esters is 2. The van der Waals surface area contributed by atoms with Crippen LogP contribution in [0.5, 0.6) is 0 Å². The Morgan fingerprint density at radius 3 is 1.76 bits per heavy atom. The lowest BCUT2D eigenvalue weighted by atomic mass is 10.1. The summed E-state index contributed by atoms with van der Waals surface area (Å²) in [5.74, 6) is -0.867. The number of carbonyl (C=O) groups excluding carboxylic acids is 3. The highest BCUT2D eigenvalue weighted by Crippen LogP contribution is 2.38. The Balaban J connectivity index is 4.56. The Labute approximate surface area is 334 Å². The number of rotatable bonds is 37. The highest BCUT2D eigenvalue weighted by atomic mass is 31.2. The molecule has 0 aromatic rings. The zero-order valence-electron chi connectivity index (χ0n) is 35.1. The molecular formula is C44H76NO9P. The van der Waals surface area contributed by atoms with Crippen LogP contribution in [0.15, 0.2) is 60.8 Å². The van der Waals surface area contributed by atoms with Crippen molar-refractivity contribution in [1.29, 1.82) is 0 Å². The minimum absolute atomic E-state index is 0.0616. The molecule has 0 aliphatic heterocycles. The molecule has 55 heavy (non-hydrogen) atoms. The van der Waals surface area contributed by atoms with Gasteiger partial charge in [-0.1, -0.05) is 113 Å². The molecule has 2 atom stereocenters. The van der Waals surface area contributed by atoms with Crippen LogP contribution in [-0.2, 0) is 37.5 Å². The van der Waals surface area contributed by atoms with Gasteiger partial charge in [-0.3, -0.25) is 18.9 Å². The molecule has 0 spiro atoms. The number of unbranched alkanes of at least 4 members (excludes halogenated alkanes) is 12. The van der Waals surface area contributed by atoms with Gasteiger partial charge in [0, 0.05) is 19.3 Å². The molecule has 0 heterocycles. The van der Waals surface area contributed by atoms with Gasteiger partial charge in [0.1, 0.15) is 19.8 Å². The highest BCUT2D eigenvalue weighted by molar-refractivity contribution is 7.45. The van der Waals surface area contributed by atoms with Crippen LogP contribution in [0, 0.1) is 0 Å². The average Bonchev–Trinajstić information content (AvgIpc) is 3.12. The fourth-order valence-electron chi connectivity index (χ4n) is 5.11. The molecule has 0 fully saturated rings. The third-order valence-corrected chi connectivity index (χ3v) is 9.45. The van der Waals surface area contributed by atoms with Crippen molar-refractivity contribution in [3.63, 3.8) is 0 Å². The molecule has 0 saturated heterocycles. The van der Waals surface area contributed by atoms with Gasteiger partial charge in [0.25, 0.3) is 7.82 Å². The lowest BCUT2D eigenvalue weighted by Crippen LogP contribution is -2.37. The van der Waals surface area contributed by atoms with Crippen molar-refractivity contribution >= 4 is 25.5 Å². The van der Waals surface area contributed by atoms with Crippen molar-refractivity contribution in [3.05, 3.63) is 60.8 Å². The Kier molecular flexibility index (Phi) is 34.1. The predicted octanol–water partition coefficient (Wildman–Crippen LogP) is 10.2. The third kappa shape index (κ3) is 39.4. The number of hydrogen-bond acceptors (Lipinski definition) is 9. The number of ether oxygens (including phenoxy) is 2. The van der Waals surface area contributed by atoms with E-state index >= 15 is 0 Å². The average molecular weight is 794 g/mol. The summed E-state index contributed by atoms with van der Waals surface area (Å²) >= 11 is 0. The Morgan fingerprint density at radius 2 is 1.15 bits per heavy atom. The summed E-state index contributed by atoms with van der Waals surface area (Å²) in [4.78, 5) is 49.5. The standard InChI is InChI=1S/C44H76NO9P/c1-6-8-10-12-14-15-16-17-18-19-20-21-23-27-31-35-43(47)51-39-42(40-53-55(49,50)52-38-37-45(3,4)5)54-44(48)36-32-28-24-26-30-34-41(46)33-29-25-22-13-11-9-7-2/h14-15,17-18,20-22,25,29,33,42H,6-13,16,19,23-24,26-28,30-32,34-40H2,1-5H3/b15-14-,18-17-,21-20-,25-22-,33-29+/t42-/m1/s1. The molecule has 316 valence electrons. The molecule has 0 saturated carbocycles. The lowest BCUT2D eigenvalue weighted by molar-refractivity contribution is -0.870. The van der Waals surface area contributed by atoms with Crippen LogP contribution in [0.4, 0.5) is 0 Å². The Morgan fingerprint density at radius 1 is 0.618 bits per heavy atom. The molecule has 11 heteroatoms. The number of quaternary nitrogens is 1. The van der Waals surface area contributed by atoms with Crippen LogP contribution >= 0.6 is 7.82 Å². The van der Waals surface area contributed by atoms with E-state index in [0.717, 1.165) is 64.2 Å². The van der Waals surface area contributed by atoms with Gasteiger partial charge in [-0.15, -0.1) is 0 Å². The summed E-state index contributed by atoms with van der Waals surface area (Å²) in [5.41, 5.74) is 0. The second-order valence-electron chi connectivity index (χ2n) is 15.0. The zero-order chi connectivity index (χ0) is 40.9. The maximum Gasteiger partial charge on any atom is 0.306 e. The molecule has 0 aromatic carbocycles. The van der Waals surface area contributed by atoms with Gasteiger partial charge < -0.3 is 27.9 Å². The van der Waals surface area contributed by atoms with Gasteiger partial charge in [-0.2, -0.15) is 0 Å². The van der Waals surface area contributed by atoms with Crippen molar-refractivity contribution in [1.82, 2.24) is 0 Å². The molecule has 0 bridgehead atoms. The molecule has 0 amide bonds. The van der Waals surface area contributed by atoms with Gasteiger partial charge in [0.15, 0.2) is 11.9 Å². The van der Waals surface area contributed by atoms with E-state index in [9.17, 15) is 23.8 Å². The van der Waals surface area contributed by atoms with Crippen molar-refractivity contribution in [3.8, 4) is 0 Å². The molecule has 0 N–H and O–H groups in total. The number of nitrogens with zero attached hydrogens (tertiary/aromatic N) is 1. The van der Waals surface area contributed by atoms with E-state index < -0.39 is 32.5 Å². The monoisotopic (exact) mass is 794 g/mol. The smallest absolute Gasteiger partial charge is 0.306 e. The topological polar surface area (TPSA) is 128 Å². The minimum Gasteiger partial charge on any atom is -0.756 e. The van der Waals surface area contributed by atoms with E-state index in [0.29, 0.717) is 30.3 Å². The van der Waals surface area contributed by atoms with Crippen molar-refractivity contribution < 1.29 is 46.8 Å². The van der Waals surface area contributed by atoms with Crippen LogP contribution in [-0.4, -0.2) is 75.8 Å². The number of phosphoric acid groups is 1. The van der Waals surface area contributed by atoms with Crippen LogP contribution in [0.1, 0.15) is 149 Å². The molecule has 1 unspecified atom stereocenters. The lowest BCUT2D eigenvalue weighted by Gasteiger charge is -2.28. The quantitative estimate of drug-likeness (QED) is 0.0115. The summed E-state index contributed by atoms with van der Waals surface area (Å²) in [7, 11) is 1.06. The summed E-state index contributed by atoms with van der Waals surface area (Å²) in [6.45, 7) is 3.93. The van der Waals surface area contributed by atoms with Crippen molar-refractivity contribution in [2.24, 2.45) is 0 Å². The Hall–Kier alpha value is -2.62. The van der Waals surface area contributed by atoms with Crippen molar-refractivity contribution in [2.75, 3.05) is 47.5 Å². The van der Waals surface area contributed by atoms with Gasteiger partial charge in [-0.05, 0) is 76.7 Å². The molecule has 0 aliphatic carbocycles. The second kappa shape index (κ2) is 35.8. The van der Waals surface area contributed by atoms with Gasteiger partial charge in [-0.25, -0.2) is 0 Å². The SMILES string of the molecule is CCCCC/C=C\C=C\C(=O)CCCCCCCC(=O)O[C@H](COC(=O)CCCC/C=C\C/C=C\C/C=C\CCCCC)COP(=O)([O-])OCC[N+](C)(C)C. The number of carbonyl (C=O) groups is 3. The number of phosphoric ester groups is 1. The molecule has 0 aliphatic rings. The fraction of sp³-hybridized carbons (Fsp3) is 0.705. The van der Waals surface area contributed by atoms with E-state index in [2.05, 4.69) is 56.4 Å². The third-order valence-electron chi connectivity index (χ3n) is 8.49. The molecule has 10 nitrogen and oxygen atoms in total. The minimum atomic E-state index is -4.66. The van der Waals surface area contributed by atoms with E-state index in [1.807, 2.05) is 33.3 Å². The zero-order valence-corrected chi connectivity index (χ0v) is 36.0. The van der Waals surface area contributed by atoms with Gasteiger partial charge in [0.2, 0.25) is 0 Å². The van der Waals surface area contributed by atoms with E-state index in [4.69, 9.17) is 18.5 Å². The van der Waals surface area contributed by atoms with E-state index in [1.54, 1.807) is 6.08 Å². The summed E-state index contributed by atoms with van der Waals surface area (Å²) in [6.07, 6.45) is 37.8. The second-order valence-corrected chi connectivity index (χ2v) is 16.4. The van der Waals surface area contributed by atoms with Crippen LogP contribution in [0.2, 0.25) is 0 Å². The number of likely N-dealkylation sites (N-methyl/N-ethyl adjacent to an activating group) is 1.